The van der Waals surface area contributed by atoms with Gasteiger partial charge in [0.15, 0.2) is 22.9 Å². The van der Waals surface area contributed by atoms with E-state index in [2.05, 4.69) is 0 Å². The van der Waals surface area contributed by atoms with Gasteiger partial charge in [0.2, 0.25) is 5.91 Å². The largest absolute Gasteiger partial charge is 0.505 e. The van der Waals surface area contributed by atoms with Gasteiger partial charge in [0.1, 0.15) is 18.1 Å². The Hall–Kier alpha value is -3.00. The highest BCUT2D eigenvalue weighted by Crippen LogP contribution is 2.65. The van der Waals surface area contributed by atoms with Gasteiger partial charge in [0, 0.05) is 5.41 Å². The number of Topliss-reactive ketones (excluding diaryl/α,β-unsaturated/α-hetero) is 2. The smallest absolute Gasteiger partial charge is 0.230 e. The molecule has 0 radical (unpaired) electrons. The predicted molar refractivity (Wildman–Crippen MR) is 123 cm³/mol. The number of nitrogens with two attached hydrogens (primary N) is 2. The maximum Gasteiger partial charge on any atom is 0.230 e. The number of hydrogen-bond acceptors (Lipinski definition) is 9. The first-order valence-electron chi connectivity index (χ1n) is 11.6. The van der Waals surface area contributed by atoms with Crippen LogP contribution in [0.2, 0.25) is 0 Å². The molecule has 188 valence electrons. The minimum atomic E-state index is -2.56. The second-order valence-electron chi connectivity index (χ2n) is 11.3. The summed E-state index contributed by atoms with van der Waals surface area (Å²) in [6.07, 6.45) is -3.27. The van der Waals surface area contributed by atoms with Gasteiger partial charge in [-0.15, -0.1) is 0 Å². The summed E-state index contributed by atoms with van der Waals surface area (Å²) in [5, 5.41) is 54.7. The SMILES string of the molecule is CC(C)[C@H]1C(O)[C@@H](C(N)=O)C(=O)[C@]2(O)C(O)[C@H]3C(=O)c4c(cc(C#N)c(N)c4O)C[C@]3(C)C[C@]12C. The number of hydrogen-bond donors (Lipinski definition) is 6. The van der Waals surface area contributed by atoms with E-state index >= 15 is 0 Å². The number of nitrogen functional groups attached to an aromatic ring is 1. The van der Waals surface area contributed by atoms with Crippen LogP contribution >= 0.6 is 0 Å². The topological polar surface area (TPSA) is 208 Å². The van der Waals surface area contributed by atoms with Crippen molar-refractivity contribution in [2.75, 3.05) is 5.73 Å². The molecule has 2 unspecified atom stereocenters. The van der Waals surface area contributed by atoms with Crippen molar-refractivity contribution in [1.29, 1.82) is 5.26 Å². The summed E-state index contributed by atoms with van der Waals surface area (Å²) in [7, 11) is 0. The van der Waals surface area contributed by atoms with Crippen LogP contribution in [-0.4, -0.2) is 55.7 Å². The molecule has 8 atom stereocenters. The van der Waals surface area contributed by atoms with E-state index in [0.29, 0.717) is 5.56 Å². The number of amides is 1. The fraction of sp³-hybridized carbons (Fsp3) is 0.600. The summed E-state index contributed by atoms with van der Waals surface area (Å²) < 4.78 is 0. The number of phenolic OH excluding ortho intramolecular Hbond substituents is 1. The van der Waals surface area contributed by atoms with Gasteiger partial charge in [-0.1, -0.05) is 27.7 Å². The number of benzene rings is 1. The molecular weight excluding hydrogens is 454 g/mol. The molecule has 4 rings (SSSR count). The van der Waals surface area contributed by atoms with Crippen molar-refractivity contribution in [3.63, 3.8) is 0 Å². The monoisotopic (exact) mass is 485 g/mol. The van der Waals surface area contributed by atoms with Crippen LogP contribution in [0.1, 0.15) is 55.6 Å². The highest BCUT2D eigenvalue weighted by molar-refractivity contribution is 6.09. The molecule has 0 aliphatic heterocycles. The summed E-state index contributed by atoms with van der Waals surface area (Å²) >= 11 is 0. The summed E-state index contributed by atoms with van der Waals surface area (Å²) in [4.78, 5) is 39.5. The number of carbonyl (C=O) groups excluding carboxylic acids is 3. The molecule has 0 heterocycles. The molecule has 0 aromatic heterocycles. The van der Waals surface area contributed by atoms with E-state index in [-0.39, 0.29) is 35.6 Å². The van der Waals surface area contributed by atoms with Crippen LogP contribution in [0.25, 0.3) is 0 Å². The van der Waals surface area contributed by atoms with Crippen molar-refractivity contribution in [3.05, 3.63) is 22.8 Å². The Labute approximate surface area is 202 Å². The van der Waals surface area contributed by atoms with Gasteiger partial charge in [0.05, 0.1) is 28.8 Å². The second kappa shape index (κ2) is 7.50. The number of phenols is 1. The molecule has 3 aliphatic carbocycles. The van der Waals surface area contributed by atoms with Gasteiger partial charge >= 0.3 is 0 Å². The number of fused-ring (bicyclic) bond motifs is 3. The molecule has 35 heavy (non-hydrogen) atoms. The summed E-state index contributed by atoms with van der Waals surface area (Å²) in [5.74, 6) is -7.78. The van der Waals surface area contributed by atoms with Crippen molar-refractivity contribution in [2.24, 2.45) is 40.2 Å². The maximum atomic E-state index is 13.7. The number of ketones is 2. The van der Waals surface area contributed by atoms with Gasteiger partial charge in [0.25, 0.3) is 0 Å². The van der Waals surface area contributed by atoms with E-state index in [4.69, 9.17) is 11.5 Å². The third-order valence-corrected chi connectivity index (χ3v) is 8.93. The quantitative estimate of drug-likeness (QED) is 0.189. The Balaban J connectivity index is 1.98. The van der Waals surface area contributed by atoms with Gasteiger partial charge in [-0.2, -0.15) is 5.26 Å². The molecule has 8 N–H and O–H groups in total. The first-order chi connectivity index (χ1) is 16.1. The molecule has 1 aromatic carbocycles. The Bertz CT molecular complexity index is 1210. The normalized spacial score (nSPS) is 40.5. The van der Waals surface area contributed by atoms with Crippen molar-refractivity contribution >= 4 is 23.2 Å². The van der Waals surface area contributed by atoms with Gasteiger partial charge in [-0.3, -0.25) is 14.4 Å². The van der Waals surface area contributed by atoms with Crippen LogP contribution in [0.5, 0.6) is 5.75 Å². The number of nitrogens with zero attached hydrogens (tertiary/aromatic N) is 1. The van der Waals surface area contributed by atoms with Crippen LogP contribution in [0.3, 0.4) is 0 Å². The third kappa shape index (κ3) is 2.89. The number of anilines is 1. The van der Waals surface area contributed by atoms with Crippen LogP contribution in [0, 0.1) is 45.8 Å². The summed E-state index contributed by atoms with van der Waals surface area (Å²) in [6, 6.07) is 3.33. The molecule has 2 fully saturated rings. The fourth-order valence-electron chi connectivity index (χ4n) is 7.72. The summed E-state index contributed by atoms with van der Waals surface area (Å²) in [5.41, 5.74) is 6.20. The van der Waals surface area contributed by atoms with Crippen molar-refractivity contribution < 1.29 is 34.8 Å². The van der Waals surface area contributed by atoms with Crippen molar-refractivity contribution in [3.8, 4) is 11.8 Å². The molecule has 2 saturated carbocycles. The molecule has 1 aromatic rings. The lowest BCUT2D eigenvalue weighted by atomic mass is 9.39. The zero-order chi connectivity index (χ0) is 26.4. The zero-order valence-electron chi connectivity index (χ0n) is 20.1. The molecule has 3 aliphatic rings. The van der Waals surface area contributed by atoms with E-state index in [9.17, 15) is 40.1 Å². The molecular formula is C25H31N3O7. The van der Waals surface area contributed by atoms with E-state index in [1.165, 1.54) is 6.07 Å². The fourth-order valence-corrected chi connectivity index (χ4v) is 7.72. The Morgan fingerprint density at radius 1 is 1.26 bits per heavy atom. The Morgan fingerprint density at radius 2 is 1.86 bits per heavy atom. The van der Waals surface area contributed by atoms with E-state index in [0.717, 1.165) is 0 Å². The minimum absolute atomic E-state index is 0.00259. The molecule has 10 nitrogen and oxygen atoms in total. The number of aliphatic hydroxyl groups is 3. The molecule has 10 heteroatoms. The lowest BCUT2D eigenvalue weighted by molar-refractivity contribution is -0.265. The minimum Gasteiger partial charge on any atom is -0.505 e. The van der Waals surface area contributed by atoms with E-state index < -0.39 is 69.6 Å². The third-order valence-electron chi connectivity index (χ3n) is 8.93. The number of primary amides is 1. The predicted octanol–water partition coefficient (Wildman–Crippen LogP) is 0.0267. The highest BCUT2D eigenvalue weighted by Gasteiger charge is 2.75. The molecule has 0 bridgehead atoms. The molecule has 1 amide bonds. The van der Waals surface area contributed by atoms with Gasteiger partial charge < -0.3 is 31.9 Å². The lowest BCUT2D eigenvalue weighted by Crippen LogP contribution is -2.79. The summed E-state index contributed by atoms with van der Waals surface area (Å²) in [6.45, 7) is 6.87. The highest BCUT2D eigenvalue weighted by atomic mass is 16.4. The number of aromatic hydroxyl groups is 1. The van der Waals surface area contributed by atoms with Crippen molar-refractivity contribution in [1.82, 2.24) is 0 Å². The van der Waals surface area contributed by atoms with Crippen LogP contribution in [0.15, 0.2) is 6.07 Å². The van der Waals surface area contributed by atoms with Gasteiger partial charge in [-0.05, 0) is 41.7 Å². The van der Waals surface area contributed by atoms with E-state index in [1.54, 1.807) is 27.7 Å². The first-order valence-corrected chi connectivity index (χ1v) is 11.6. The Morgan fingerprint density at radius 3 is 2.37 bits per heavy atom. The number of nitriles is 1. The van der Waals surface area contributed by atoms with Crippen LogP contribution in [0.4, 0.5) is 5.69 Å². The zero-order valence-corrected chi connectivity index (χ0v) is 20.1. The second-order valence-corrected chi connectivity index (χ2v) is 11.3. The standard InChI is InChI=1S/C25H31N3O7/c1-9(2)14-18(30)13(22(28)34)20(32)25(35)21(33)15-17(29)12-10(5-11(7-26)16(27)19(12)31)6-23(15,3)8-24(14,25)4/h5,9,13-15,18,21,30-31,33,35H,6,8,27H2,1-4H3,(H2,28,34)/t13-,14+,15-,18?,21?,23-,24-,25+/m1/s1. The van der Waals surface area contributed by atoms with Crippen LogP contribution in [-0.2, 0) is 16.0 Å². The number of carbonyl (C=O) groups is 3. The number of rotatable bonds is 2. The molecule has 0 saturated heterocycles. The Kier molecular flexibility index (Phi) is 5.38. The maximum absolute atomic E-state index is 13.7. The van der Waals surface area contributed by atoms with E-state index in [1.807, 2.05) is 6.07 Å². The van der Waals surface area contributed by atoms with Crippen LogP contribution < -0.4 is 11.5 Å². The average molecular weight is 486 g/mol. The average Bonchev–Trinajstić information content (AvgIpc) is 2.72. The van der Waals surface area contributed by atoms with Gasteiger partial charge in [-0.25, -0.2) is 0 Å². The number of aliphatic hydroxyl groups excluding tert-OH is 2. The van der Waals surface area contributed by atoms with Crippen molar-refractivity contribution in [2.45, 2.75) is 58.3 Å². The molecule has 0 spiro atoms. The first kappa shape index (κ1) is 25.1. The lowest BCUT2D eigenvalue weighted by Gasteiger charge is -2.66.